The lowest BCUT2D eigenvalue weighted by Gasteiger charge is -2.12. The van der Waals surface area contributed by atoms with Crippen LogP contribution in [0.25, 0.3) is 11.1 Å². The summed E-state index contributed by atoms with van der Waals surface area (Å²) >= 11 is 8.27. The first-order valence-electron chi connectivity index (χ1n) is 10.8. The van der Waals surface area contributed by atoms with Crippen molar-refractivity contribution in [1.82, 2.24) is 4.57 Å². The van der Waals surface area contributed by atoms with Crippen molar-refractivity contribution in [3.63, 3.8) is 0 Å². The Labute approximate surface area is 217 Å². The van der Waals surface area contributed by atoms with Gasteiger partial charge in [0.1, 0.15) is 20.0 Å². The van der Waals surface area contributed by atoms with E-state index in [4.69, 9.17) is 0 Å². The Bertz CT molecular complexity index is 1590. The summed E-state index contributed by atoms with van der Waals surface area (Å²) in [6.07, 6.45) is 4.14. The Morgan fingerprint density at radius 3 is 2.76 bits per heavy atom. The van der Waals surface area contributed by atoms with Crippen molar-refractivity contribution in [2.45, 2.75) is 31.8 Å². The molecule has 0 spiro atoms. The molecule has 0 unspecified atom stereocenters. The maximum Gasteiger partial charge on any atom is 0.271 e. The molecule has 34 heavy (non-hydrogen) atoms. The van der Waals surface area contributed by atoms with Crippen molar-refractivity contribution in [2.75, 3.05) is 11.9 Å². The Kier molecular flexibility index (Phi) is 6.54. The van der Waals surface area contributed by atoms with Gasteiger partial charge in [-0.2, -0.15) is 4.57 Å². The Morgan fingerprint density at radius 1 is 1.21 bits per heavy atom. The lowest BCUT2D eigenvalue weighted by Crippen LogP contribution is -2.38. The molecule has 174 valence electrons. The van der Waals surface area contributed by atoms with Gasteiger partial charge in [-0.25, -0.2) is 4.39 Å². The maximum absolute atomic E-state index is 14.2. The van der Waals surface area contributed by atoms with Crippen molar-refractivity contribution < 1.29 is 8.96 Å². The number of hydrogen-bond acceptors (Lipinski definition) is 5. The molecule has 9 heteroatoms. The first-order valence-corrected chi connectivity index (χ1v) is 14.1. The topological polar surface area (TPSA) is 29.1 Å². The van der Waals surface area contributed by atoms with E-state index in [9.17, 15) is 9.18 Å². The molecule has 3 aromatic heterocycles. The van der Waals surface area contributed by atoms with Crippen LogP contribution in [0.2, 0.25) is 0 Å². The standard InChI is InChI=1S/C25H22BrFN3OS3/c1-4-30-20(13-17-7-5-6-11-29(17)14-16-10-12-32-23(16)26)33-22(24(30)31)25-28(3)19-9-8-18(27)15(2)21(19)34-25/h5-13H,4,14H2,1-3H3/q+1/b25-22+. The van der Waals surface area contributed by atoms with Crippen LogP contribution in [0.5, 0.6) is 0 Å². The predicted octanol–water partition coefficient (Wildman–Crippen LogP) is 4.67. The minimum atomic E-state index is -0.224. The first-order chi connectivity index (χ1) is 16.4. The average molecular weight is 576 g/mol. The van der Waals surface area contributed by atoms with Gasteiger partial charge in [0.2, 0.25) is 5.69 Å². The number of halogens is 2. The number of fused-ring (bicyclic) bond motifs is 1. The van der Waals surface area contributed by atoms with Gasteiger partial charge < -0.3 is 4.90 Å². The lowest BCUT2D eigenvalue weighted by molar-refractivity contribution is -0.690. The van der Waals surface area contributed by atoms with E-state index in [0.29, 0.717) is 16.6 Å². The summed E-state index contributed by atoms with van der Waals surface area (Å²) in [6, 6.07) is 11.5. The van der Waals surface area contributed by atoms with Crippen LogP contribution in [0, 0.1) is 12.7 Å². The molecule has 0 saturated heterocycles. The molecule has 0 atom stereocenters. The van der Waals surface area contributed by atoms with Crippen molar-refractivity contribution in [2.24, 2.45) is 0 Å². The van der Waals surface area contributed by atoms with E-state index in [-0.39, 0.29) is 11.4 Å². The number of anilines is 1. The molecule has 0 aliphatic carbocycles. The molecule has 0 fully saturated rings. The quantitative estimate of drug-likeness (QED) is 0.332. The van der Waals surface area contributed by atoms with Crippen molar-refractivity contribution in [3.05, 3.63) is 93.9 Å². The van der Waals surface area contributed by atoms with E-state index in [1.807, 2.05) is 35.6 Å². The monoisotopic (exact) mass is 574 g/mol. The molecule has 1 aliphatic heterocycles. The molecule has 5 rings (SSSR count). The van der Waals surface area contributed by atoms with Gasteiger partial charge in [-0.05, 0) is 59.4 Å². The number of benzene rings is 1. The fourth-order valence-electron chi connectivity index (χ4n) is 3.99. The molecule has 4 aromatic rings. The largest absolute Gasteiger partial charge is 0.337 e. The predicted molar refractivity (Wildman–Crippen MR) is 144 cm³/mol. The van der Waals surface area contributed by atoms with Crippen molar-refractivity contribution >= 4 is 67.2 Å². The molecule has 1 aliphatic rings. The molecule has 0 N–H and O–H groups in total. The zero-order valence-electron chi connectivity index (χ0n) is 18.8. The minimum Gasteiger partial charge on any atom is -0.337 e. The first kappa shape index (κ1) is 23.5. The van der Waals surface area contributed by atoms with Crippen LogP contribution in [0.15, 0.2) is 61.5 Å². The van der Waals surface area contributed by atoms with Crippen LogP contribution in [0.1, 0.15) is 23.7 Å². The van der Waals surface area contributed by atoms with Gasteiger partial charge in [0.25, 0.3) is 5.56 Å². The van der Waals surface area contributed by atoms with Gasteiger partial charge in [0.05, 0.1) is 9.47 Å². The Balaban J connectivity index is 1.65. The molecule has 4 nitrogen and oxygen atoms in total. The second-order valence-electron chi connectivity index (χ2n) is 7.92. The highest BCUT2D eigenvalue weighted by molar-refractivity contribution is 9.11. The van der Waals surface area contributed by atoms with Gasteiger partial charge >= 0.3 is 0 Å². The van der Waals surface area contributed by atoms with Crippen LogP contribution < -0.4 is 24.2 Å². The third kappa shape index (κ3) is 4.08. The highest BCUT2D eigenvalue weighted by atomic mass is 79.9. The third-order valence-electron chi connectivity index (χ3n) is 5.89. The summed E-state index contributed by atoms with van der Waals surface area (Å²) in [5, 5.41) is 2.93. The van der Waals surface area contributed by atoms with Crippen molar-refractivity contribution in [1.29, 1.82) is 0 Å². The van der Waals surface area contributed by atoms with E-state index in [1.165, 1.54) is 34.7 Å². The summed E-state index contributed by atoms with van der Waals surface area (Å²) in [4.78, 5) is 16.3. The van der Waals surface area contributed by atoms with Crippen LogP contribution >= 0.6 is 50.4 Å². The average Bonchev–Trinajstić information content (AvgIpc) is 3.48. The van der Waals surface area contributed by atoms with E-state index in [2.05, 4.69) is 50.3 Å². The number of hydrogen-bond donors (Lipinski definition) is 0. The molecule has 1 aromatic carbocycles. The van der Waals surface area contributed by atoms with E-state index in [1.54, 1.807) is 24.3 Å². The second-order valence-corrected chi connectivity index (χ2v) is 12.2. The summed E-state index contributed by atoms with van der Waals surface area (Å²) in [5.41, 5.74) is 3.78. The van der Waals surface area contributed by atoms with Crippen LogP contribution in [0.4, 0.5) is 10.1 Å². The summed E-state index contributed by atoms with van der Waals surface area (Å²) in [6.45, 7) is 5.09. The Hall–Kier alpha value is -2.20. The summed E-state index contributed by atoms with van der Waals surface area (Å²) in [5.74, 6) is -0.224. The SMILES string of the molecule is CCn1c(=O)/c(=C2\Sc3c(ccc(F)c3C)N2C)s/c1=C\c1cccc[n+]1Cc1ccsc1Br. The van der Waals surface area contributed by atoms with Crippen LogP contribution in [-0.2, 0) is 13.1 Å². The fraction of sp³-hybridized carbons (Fsp3) is 0.200. The molecule has 0 bridgehead atoms. The molecule has 4 heterocycles. The molecule has 0 saturated carbocycles. The van der Waals surface area contributed by atoms with E-state index < -0.39 is 0 Å². The molecule has 0 amide bonds. The maximum atomic E-state index is 14.2. The van der Waals surface area contributed by atoms with E-state index in [0.717, 1.165) is 36.3 Å². The number of thiophene rings is 1. The highest BCUT2D eigenvalue weighted by Crippen LogP contribution is 2.47. The van der Waals surface area contributed by atoms with Gasteiger partial charge in [0, 0.05) is 47.8 Å². The van der Waals surface area contributed by atoms with E-state index >= 15 is 0 Å². The highest BCUT2D eigenvalue weighted by Gasteiger charge is 2.27. The van der Waals surface area contributed by atoms with Crippen molar-refractivity contribution in [3.8, 4) is 0 Å². The van der Waals surface area contributed by atoms with Gasteiger partial charge in [-0.3, -0.25) is 9.36 Å². The van der Waals surface area contributed by atoms with Crippen LogP contribution in [0.3, 0.4) is 0 Å². The number of aromatic nitrogens is 2. The fourth-order valence-corrected chi connectivity index (χ4v) is 7.76. The normalized spacial score (nSPS) is 15.3. The number of rotatable bonds is 4. The molecule has 0 radical (unpaired) electrons. The number of thioether (sulfide) groups is 1. The summed E-state index contributed by atoms with van der Waals surface area (Å²) < 4.78 is 20.9. The zero-order valence-corrected chi connectivity index (χ0v) is 22.9. The zero-order chi connectivity index (χ0) is 24.0. The third-order valence-corrected chi connectivity index (χ3v) is 10.3. The smallest absolute Gasteiger partial charge is 0.271 e. The number of nitrogens with zero attached hydrogens (tertiary/aromatic N) is 3. The van der Waals surface area contributed by atoms with Gasteiger partial charge in [-0.1, -0.05) is 11.8 Å². The number of thiazole rings is 1. The lowest BCUT2D eigenvalue weighted by atomic mass is 10.2. The molecular weight excluding hydrogens is 553 g/mol. The van der Waals surface area contributed by atoms with Gasteiger partial charge in [0.15, 0.2) is 12.7 Å². The number of pyridine rings is 1. The Morgan fingerprint density at radius 2 is 2.03 bits per heavy atom. The second kappa shape index (κ2) is 9.45. The van der Waals surface area contributed by atoms with Gasteiger partial charge in [-0.15, -0.1) is 22.7 Å². The minimum absolute atomic E-state index is 0.0120. The van der Waals surface area contributed by atoms with Crippen LogP contribution in [-0.4, -0.2) is 11.6 Å². The summed E-state index contributed by atoms with van der Waals surface area (Å²) in [7, 11) is 1.94. The molecular formula is C25H22BrFN3OS3+.